The van der Waals surface area contributed by atoms with Crippen LogP contribution >= 0.6 is 24.0 Å². The molecule has 0 aromatic carbocycles. The van der Waals surface area contributed by atoms with E-state index in [9.17, 15) is 4.79 Å². The van der Waals surface area contributed by atoms with E-state index in [1.807, 2.05) is 44.7 Å². The molecule has 0 bridgehead atoms. The van der Waals surface area contributed by atoms with Crippen molar-refractivity contribution in [3.63, 3.8) is 0 Å². The Bertz CT molecular complexity index is 318. The Kier molecular flexibility index (Phi) is 8.36. The third-order valence-corrected chi connectivity index (χ3v) is 3.06. The van der Waals surface area contributed by atoms with Crippen molar-refractivity contribution in [2.45, 2.75) is 33.2 Å². The van der Waals surface area contributed by atoms with Crippen molar-refractivity contribution in [3.8, 4) is 0 Å². The van der Waals surface area contributed by atoms with Gasteiger partial charge in [0.25, 0.3) is 0 Å². The Labute approximate surface area is 133 Å². The zero-order valence-corrected chi connectivity index (χ0v) is 15.0. The van der Waals surface area contributed by atoms with Crippen LogP contribution in [0.3, 0.4) is 0 Å². The number of rotatable bonds is 3. The summed E-state index contributed by atoms with van der Waals surface area (Å²) in [4.78, 5) is 20.2. The van der Waals surface area contributed by atoms with Crippen LogP contribution in [0.4, 0.5) is 0 Å². The highest BCUT2D eigenvalue weighted by atomic mass is 127. The number of likely N-dealkylation sites (tertiary alicyclic amines) is 1. The first-order chi connectivity index (χ1) is 8.45. The van der Waals surface area contributed by atoms with Crippen molar-refractivity contribution in [2.24, 2.45) is 10.9 Å². The molecule has 1 N–H and O–H groups in total. The molecule has 0 aromatic rings. The lowest BCUT2D eigenvalue weighted by atomic mass is 10.2. The van der Waals surface area contributed by atoms with E-state index in [1.165, 1.54) is 0 Å². The number of carbonyl (C=O) groups is 1. The lowest BCUT2D eigenvalue weighted by molar-refractivity contribution is -0.133. The summed E-state index contributed by atoms with van der Waals surface area (Å²) in [5.41, 5.74) is 0. The first-order valence-electron chi connectivity index (χ1n) is 6.72. The van der Waals surface area contributed by atoms with E-state index in [-0.39, 0.29) is 35.8 Å². The van der Waals surface area contributed by atoms with Gasteiger partial charge < -0.3 is 15.1 Å². The third-order valence-electron chi connectivity index (χ3n) is 3.06. The maximum atomic E-state index is 11.9. The minimum Gasteiger partial charge on any atom is -0.352 e. The van der Waals surface area contributed by atoms with E-state index in [1.54, 1.807) is 0 Å². The Morgan fingerprint density at radius 1 is 1.47 bits per heavy atom. The van der Waals surface area contributed by atoms with E-state index in [4.69, 9.17) is 0 Å². The zero-order valence-electron chi connectivity index (χ0n) is 12.6. The molecule has 0 saturated carbocycles. The third kappa shape index (κ3) is 5.54. The standard InChI is InChI=1S/C13H26N4O.HI/c1-6-14-13(16(4)5)15-11-7-8-17(9-11)12(18)10(2)3;/h10-11H,6-9H2,1-5H3,(H,14,15);1H. The van der Waals surface area contributed by atoms with Crippen molar-refractivity contribution < 1.29 is 4.79 Å². The Morgan fingerprint density at radius 3 is 2.58 bits per heavy atom. The van der Waals surface area contributed by atoms with Gasteiger partial charge in [0.05, 0.1) is 0 Å². The van der Waals surface area contributed by atoms with Gasteiger partial charge in [-0.25, -0.2) is 0 Å². The molecule has 1 aliphatic heterocycles. The fourth-order valence-corrected chi connectivity index (χ4v) is 2.09. The molecule has 0 spiro atoms. The highest BCUT2D eigenvalue weighted by molar-refractivity contribution is 14.0. The lowest BCUT2D eigenvalue weighted by Gasteiger charge is -2.22. The first kappa shape index (κ1) is 18.5. The summed E-state index contributed by atoms with van der Waals surface area (Å²) in [7, 11) is 3.96. The summed E-state index contributed by atoms with van der Waals surface area (Å²) in [5, 5.41) is 3.42. The Hall–Kier alpha value is -0.530. The summed E-state index contributed by atoms with van der Waals surface area (Å²) < 4.78 is 0. The molecule has 19 heavy (non-hydrogen) atoms. The Morgan fingerprint density at radius 2 is 2.11 bits per heavy atom. The second kappa shape index (κ2) is 8.60. The average molecular weight is 382 g/mol. The number of hydrogen-bond acceptors (Lipinski definition) is 2. The van der Waals surface area contributed by atoms with Crippen LogP contribution in [-0.2, 0) is 4.79 Å². The van der Waals surface area contributed by atoms with Crippen LogP contribution in [0.5, 0.6) is 0 Å². The van der Waals surface area contributed by atoms with Crippen molar-refractivity contribution in [1.82, 2.24) is 15.1 Å². The van der Waals surface area contributed by atoms with Crippen LogP contribution in [0.15, 0.2) is 4.99 Å². The Balaban J connectivity index is 0.00000324. The summed E-state index contributed by atoms with van der Waals surface area (Å²) >= 11 is 0. The second-order valence-corrected chi connectivity index (χ2v) is 5.26. The van der Waals surface area contributed by atoms with E-state index in [0.29, 0.717) is 6.04 Å². The molecular weight excluding hydrogens is 355 g/mol. The van der Waals surface area contributed by atoms with Crippen molar-refractivity contribution in [3.05, 3.63) is 0 Å². The molecule has 1 fully saturated rings. The summed E-state index contributed by atoms with van der Waals surface area (Å²) in [5.74, 6) is 1.24. The quantitative estimate of drug-likeness (QED) is 0.456. The van der Waals surface area contributed by atoms with Crippen molar-refractivity contribution >= 4 is 35.8 Å². The number of hydrogen-bond donors (Lipinski definition) is 1. The SMILES string of the molecule is CCN=C(NC1CCN(C(=O)C(C)C)C1)N(C)C.I. The highest BCUT2D eigenvalue weighted by Gasteiger charge is 2.28. The zero-order chi connectivity index (χ0) is 13.7. The number of nitrogens with zero attached hydrogens (tertiary/aromatic N) is 3. The number of guanidine groups is 1. The molecule has 1 atom stereocenters. The lowest BCUT2D eigenvalue weighted by Crippen LogP contribution is -2.44. The first-order valence-corrected chi connectivity index (χ1v) is 6.72. The summed E-state index contributed by atoms with van der Waals surface area (Å²) in [6.45, 7) is 8.32. The van der Waals surface area contributed by atoms with E-state index >= 15 is 0 Å². The minimum absolute atomic E-state index is 0. The highest BCUT2D eigenvalue weighted by Crippen LogP contribution is 2.12. The monoisotopic (exact) mass is 382 g/mol. The fraction of sp³-hybridized carbons (Fsp3) is 0.846. The number of amides is 1. The molecule has 1 rings (SSSR count). The number of aliphatic imine (C=N–C) groups is 1. The van der Waals surface area contributed by atoms with Gasteiger partial charge in [-0.1, -0.05) is 13.8 Å². The van der Waals surface area contributed by atoms with Crippen LogP contribution < -0.4 is 5.32 Å². The number of nitrogens with one attached hydrogen (secondary N) is 1. The molecule has 6 heteroatoms. The van der Waals surface area contributed by atoms with Gasteiger partial charge in [-0.15, -0.1) is 24.0 Å². The van der Waals surface area contributed by atoms with Crippen molar-refractivity contribution in [1.29, 1.82) is 0 Å². The van der Waals surface area contributed by atoms with Gasteiger partial charge in [-0.2, -0.15) is 0 Å². The smallest absolute Gasteiger partial charge is 0.225 e. The summed E-state index contributed by atoms with van der Waals surface area (Å²) in [6, 6.07) is 0.320. The molecule has 1 amide bonds. The van der Waals surface area contributed by atoms with E-state index in [0.717, 1.165) is 32.0 Å². The minimum atomic E-state index is 0. The van der Waals surface area contributed by atoms with Gasteiger partial charge in [0, 0.05) is 45.7 Å². The average Bonchev–Trinajstić information content (AvgIpc) is 2.75. The molecule has 1 unspecified atom stereocenters. The molecule has 0 aliphatic carbocycles. The van der Waals surface area contributed by atoms with E-state index < -0.39 is 0 Å². The van der Waals surface area contributed by atoms with Gasteiger partial charge in [-0.05, 0) is 13.3 Å². The van der Waals surface area contributed by atoms with Crippen LogP contribution in [0.2, 0.25) is 0 Å². The largest absolute Gasteiger partial charge is 0.352 e. The van der Waals surface area contributed by atoms with Gasteiger partial charge in [0.1, 0.15) is 0 Å². The van der Waals surface area contributed by atoms with E-state index in [2.05, 4.69) is 10.3 Å². The molecule has 0 radical (unpaired) electrons. The van der Waals surface area contributed by atoms with Gasteiger partial charge in [0.2, 0.25) is 5.91 Å². The predicted molar refractivity (Wildman–Crippen MR) is 90.0 cm³/mol. The maximum absolute atomic E-state index is 11.9. The fourth-order valence-electron chi connectivity index (χ4n) is 2.09. The predicted octanol–water partition coefficient (Wildman–Crippen LogP) is 1.39. The van der Waals surface area contributed by atoms with Gasteiger partial charge >= 0.3 is 0 Å². The summed E-state index contributed by atoms with van der Waals surface area (Å²) in [6.07, 6.45) is 0.995. The topological polar surface area (TPSA) is 47.9 Å². The van der Waals surface area contributed by atoms with Crippen LogP contribution in [0, 0.1) is 5.92 Å². The molecule has 0 aromatic heterocycles. The maximum Gasteiger partial charge on any atom is 0.225 e. The molecule has 1 saturated heterocycles. The van der Waals surface area contributed by atoms with Crippen LogP contribution in [-0.4, -0.2) is 61.4 Å². The van der Waals surface area contributed by atoms with Crippen LogP contribution in [0.1, 0.15) is 27.2 Å². The molecular formula is C13H27IN4O. The number of halogens is 1. The van der Waals surface area contributed by atoms with Gasteiger partial charge in [0.15, 0.2) is 5.96 Å². The molecule has 1 heterocycles. The molecule has 112 valence electrons. The molecule has 5 nitrogen and oxygen atoms in total. The number of carbonyl (C=O) groups excluding carboxylic acids is 1. The van der Waals surface area contributed by atoms with Crippen LogP contribution in [0.25, 0.3) is 0 Å². The van der Waals surface area contributed by atoms with Gasteiger partial charge in [-0.3, -0.25) is 9.79 Å². The normalized spacial score (nSPS) is 19.4. The second-order valence-electron chi connectivity index (χ2n) is 5.26. The molecule has 1 aliphatic rings. The van der Waals surface area contributed by atoms with Crippen molar-refractivity contribution in [2.75, 3.05) is 33.7 Å².